The molecule has 0 fully saturated rings. The minimum Gasteiger partial charge on any atom is -0.342 e. The van der Waals surface area contributed by atoms with E-state index in [1.807, 2.05) is 19.2 Å². The zero-order valence-electron chi connectivity index (χ0n) is 12.3. The summed E-state index contributed by atoms with van der Waals surface area (Å²) in [6.45, 7) is 5.93. The fourth-order valence-corrected chi connectivity index (χ4v) is 2.37. The normalized spacial score (nSPS) is 10.6. The highest BCUT2D eigenvalue weighted by Gasteiger charge is 2.09. The quantitative estimate of drug-likeness (QED) is 0.884. The van der Waals surface area contributed by atoms with Gasteiger partial charge in [-0.3, -0.25) is 0 Å². The number of anilines is 2. The Morgan fingerprint density at radius 2 is 1.70 bits per heavy atom. The Morgan fingerprint density at radius 3 is 2.25 bits per heavy atom. The highest BCUT2D eigenvalue weighted by molar-refractivity contribution is 5.64. The van der Waals surface area contributed by atoms with Gasteiger partial charge in [0.25, 0.3) is 0 Å². The number of nitrogens with zero attached hydrogens (tertiary/aromatic N) is 1. The fourth-order valence-electron chi connectivity index (χ4n) is 2.37. The van der Waals surface area contributed by atoms with E-state index in [0.717, 1.165) is 24.5 Å². The van der Waals surface area contributed by atoms with Gasteiger partial charge in [-0.25, -0.2) is 4.39 Å². The van der Waals surface area contributed by atoms with Crippen LogP contribution in [-0.4, -0.2) is 13.6 Å². The van der Waals surface area contributed by atoms with Gasteiger partial charge in [-0.05, 0) is 68.4 Å². The Kier molecular flexibility index (Phi) is 4.74. The van der Waals surface area contributed by atoms with Gasteiger partial charge in [0.05, 0.1) is 0 Å². The van der Waals surface area contributed by atoms with Crippen LogP contribution in [0.15, 0.2) is 42.5 Å². The molecule has 0 amide bonds. The number of hydrogen-bond acceptors (Lipinski definition) is 2. The summed E-state index contributed by atoms with van der Waals surface area (Å²) in [5.41, 5.74) is 4.70. The first kappa shape index (κ1) is 14.5. The Hall–Kier alpha value is -1.87. The van der Waals surface area contributed by atoms with Gasteiger partial charge in [0.2, 0.25) is 0 Å². The molecule has 0 saturated carbocycles. The number of halogens is 1. The van der Waals surface area contributed by atoms with E-state index in [1.165, 1.54) is 23.3 Å². The summed E-state index contributed by atoms with van der Waals surface area (Å²) in [6, 6.07) is 13.1. The van der Waals surface area contributed by atoms with Gasteiger partial charge < -0.3 is 10.2 Å². The van der Waals surface area contributed by atoms with Gasteiger partial charge in [-0.15, -0.1) is 0 Å². The largest absolute Gasteiger partial charge is 0.342 e. The van der Waals surface area contributed by atoms with Gasteiger partial charge in [-0.2, -0.15) is 0 Å². The van der Waals surface area contributed by atoms with Crippen molar-refractivity contribution in [3.05, 3.63) is 59.4 Å². The van der Waals surface area contributed by atoms with Gasteiger partial charge in [0.1, 0.15) is 5.82 Å². The van der Waals surface area contributed by atoms with Crippen LogP contribution in [0.25, 0.3) is 0 Å². The van der Waals surface area contributed by atoms with Gasteiger partial charge in [0, 0.05) is 24.5 Å². The van der Waals surface area contributed by atoms with Crippen molar-refractivity contribution in [1.29, 1.82) is 0 Å². The molecule has 0 heterocycles. The third-order valence-corrected chi connectivity index (χ3v) is 3.46. The topological polar surface area (TPSA) is 15.3 Å². The average molecular weight is 272 g/mol. The van der Waals surface area contributed by atoms with Crippen LogP contribution in [0, 0.1) is 12.7 Å². The molecule has 20 heavy (non-hydrogen) atoms. The standard InChI is InChI=1S/C17H21FN2/c1-4-20(16-9-6-15(18)7-10-16)17-8-5-14(12-19-3)13(2)11-17/h5-11,19H,4,12H2,1-3H3. The fraction of sp³-hybridized carbons (Fsp3) is 0.294. The van der Waals surface area contributed by atoms with E-state index >= 15 is 0 Å². The lowest BCUT2D eigenvalue weighted by Gasteiger charge is -2.24. The molecule has 1 N–H and O–H groups in total. The molecule has 0 aromatic heterocycles. The van der Waals surface area contributed by atoms with E-state index in [1.54, 1.807) is 0 Å². The second kappa shape index (κ2) is 6.53. The monoisotopic (exact) mass is 272 g/mol. The average Bonchev–Trinajstić information content (AvgIpc) is 2.45. The molecule has 0 saturated heterocycles. The van der Waals surface area contributed by atoms with E-state index < -0.39 is 0 Å². The lowest BCUT2D eigenvalue weighted by Crippen LogP contribution is -2.16. The Bertz CT molecular complexity index is 564. The van der Waals surface area contributed by atoms with E-state index in [2.05, 4.69) is 42.3 Å². The first-order valence-electron chi connectivity index (χ1n) is 6.93. The minimum atomic E-state index is -0.203. The third-order valence-electron chi connectivity index (χ3n) is 3.46. The predicted octanol–water partition coefficient (Wildman–Crippen LogP) is 4.01. The van der Waals surface area contributed by atoms with Gasteiger partial charge in [-0.1, -0.05) is 6.07 Å². The molecule has 0 bridgehead atoms. The van der Waals surface area contributed by atoms with E-state index in [0.29, 0.717) is 0 Å². The van der Waals surface area contributed by atoms with Crippen molar-refractivity contribution in [2.24, 2.45) is 0 Å². The van der Waals surface area contributed by atoms with Crippen molar-refractivity contribution in [3.8, 4) is 0 Å². The smallest absolute Gasteiger partial charge is 0.123 e. The van der Waals surface area contributed by atoms with Crippen LogP contribution in [0.1, 0.15) is 18.1 Å². The lowest BCUT2D eigenvalue weighted by molar-refractivity contribution is 0.628. The molecule has 0 aliphatic rings. The molecule has 0 unspecified atom stereocenters. The number of nitrogens with one attached hydrogen (secondary N) is 1. The Labute approximate surface area is 120 Å². The van der Waals surface area contributed by atoms with Crippen LogP contribution in [0.2, 0.25) is 0 Å². The first-order valence-corrected chi connectivity index (χ1v) is 6.93. The number of benzene rings is 2. The Balaban J connectivity index is 2.32. The van der Waals surface area contributed by atoms with Crippen molar-refractivity contribution in [2.75, 3.05) is 18.5 Å². The molecule has 0 atom stereocenters. The number of hydrogen-bond donors (Lipinski definition) is 1. The van der Waals surface area contributed by atoms with Crippen LogP contribution in [-0.2, 0) is 6.54 Å². The Morgan fingerprint density at radius 1 is 1.05 bits per heavy atom. The molecular weight excluding hydrogens is 251 g/mol. The van der Waals surface area contributed by atoms with Crippen LogP contribution in [0.3, 0.4) is 0 Å². The predicted molar refractivity (Wildman–Crippen MR) is 83.0 cm³/mol. The van der Waals surface area contributed by atoms with Crippen LogP contribution in [0.4, 0.5) is 15.8 Å². The maximum Gasteiger partial charge on any atom is 0.123 e. The highest BCUT2D eigenvalue weighted by Crippen LogP contribution is 2.27. The molecule has 3 heteroatoms. The van der Waals surface area contributed by atoms with Crippen LogP contribution in [0.5, 0.6) is 0 Å². The van der Waals surface area contributed by atoms with Crippen molar-refractivity contribution in [1.82, 2.24) is 5.32 Å². The zero-order chi connectivity index (χ0) is 14.5. The van der Waals surface area contributed by atoms with Crippen molar-refractivity contribution in [2.45, 2.75) is 20.4 Å². The van der Waals surface area contributed by atoms with Gasteiger partial charge >= 0.3 is 0 Å². The molecule has 0 aliphatic carbocycles. The summed E-state index contributed by atoms with van der Waals surface area (Å²) in [5.74, 6) is -0.203. The summed E-state index contributed by atoms with van der Waals surface area (Å²) in [6.07, 6.45) is 0. The third kappa shape index (κ3) is 3.17. The molecule has 2 nitrogen and oxygen atoms in total. The molecule has 2 aromatic rings. The second-order valence-corrected chi connectivity index (χ2v) is 4.86. The lowest BCUT2D eigenvalue weighted by atomic mass is 10.1. The summed E-state index contributed by atoms with van der Waals surface area (Å²) in [4.78, 5) is 2.18. The van der Waals surface area contributed by atoms with E-state index in [4.69, 9.17) is 0 Å². The molecule has 0 radical (unpaired) electrons. The first-order chi connectivity index (χ1) is 9.65. The van der Waals surface area contributed by atoms with Crippen molar-refractivity contribution < 1.29 is 4.39 Å². The summed E-state index contributed by atoms with van der Waals surface area (Å²) in [5, 5.41) is 3.17. The molecule has 0 aliphatic heterocycles. The SMILES string of the molecule is CCN(c1ccc(F)cc1)c1ccc(CNC)c(C)c1. The van der Waals surface area contributed by atoms with Gasteiger partial charge in [0.15, 0.2) is 0 Å². The summed E-state index contributed by atoms with van der Waals surface area (Å²) in [7, 11) is 1.95. The van der Waals surface area contributed by atoms with Crippen molar-refractivity contribution >= 4 is 11.4 Å². The van der Waals surface area contributed by atoms with Crippen LogP contribution >= 0.6 is 0 Å². The summed E-state index contributed by atoms with van der Waals surface area (Å²) >= 11 is 0. The van der Waals surface area contributed by atoms with Crippen molar-refractivity contribution in [3.63, 3.8) is 0 Å². The second-order valence-electron chi connectivity index (χ2n) is 4.86. The molecule has 0 spiro atoms. The highest BCUT2D eigenvalue weighted by atomic mass is 19.1. The molecule has 106 valence electrons. The molecule has 2 rings (SSSR count). The molecular formula is C17H21FN2. The van der Waals surface area contributed by atoms with E-state index in [-0.39, 0.29) is 5.82 Å². The maximum atomic E-state index is 13.0. The minimum absolute atomic E-state index is 0.203. The van der Waals surface area contributed by atoms with Crippen LogP contribution < -0.4 is 10.2 Å². The number of rotatable bonds is 5. The maximum absolute atomic E-state index is 13.0. The number of aryl methyl sites for hydroxylation is 1. The molecule has 2 aromatic carbocycles. The zero-order valence-corrected chi connectivity index (χ0v) is 12.3. The van der Waals surface area contributed by atoms with E-state index in [9.17, 15) is 4.39 Å². The summed E-state index contributed by atoms with van der Waals surface area (Å²) < 4.78 is 13.0.